The van der Waals surface area contributed by atoms with E-state index >= 15 is 0 Å². The SMILES string of the molecule is COC(=O)c1ccccc1-n1cccc1[C@@H]1[C@H](c2ccccn2)NC(=S)N1CCC(=O)Nc1cccc2ccccc12. The van der Waals surface area contributed by atoms with Gasteiger partial charge in [-0.15, -0.1) is 0 Å². The van der Waals surface area contributed by atoms with Gasteiger partial charge in [0, 0.05) is 42.1 Å². The number of nitrogens with zero attached hydrogens (tertiary/aromatic N) is 3. The lowest BCUT2D eigenvalue weighted by atomic mass is 10.0. The van der Waals surface area contributed by atoms with Crippen molar-refractivity contribution in [3.05, 3.63) is 126 Å². The fourth-order valence-corrected chi connectivity index (χ4v) is 5.89. The molecule has 3 heterocycles. The van der Waals surface area contributed by atoms with Crippen molar-refractivity contribution >= 4 is 45.7 Å². The molecule has 0 unspecified atom stereocenters. The number of carbonyl (C=O) groups is 2. The third kappa shape index (κ3) is 5.22. The summed E-state index contributed by atoms with van der Waals surface area (Å²) in [7, 11) is 1.37. The Hall–Kier alpha value is -5.02. The number of esters is 1. The van der Waals surface area contributed by atoms with Crippen LogP contribution in [0.4, 0.5) is 5.69 Å². The minimum atomic E-state index is -0.423. The van der Waals surface area contributed by atoms with E-state index in [0.717, 1.165) is 27.8 Å². The average Bonchev–Trinajstić information content (AvgIpc) is 3.64. The van der Waals surface area contributed by atoms with Gasteiger partial charge in [-0.05, 0) is 60.1 Å². The van der Waals surface area contributed by atoms with Crippen LogP contribution in [0.2, 0.25) is 0 Å². The zero-order valence-corrected chi connectivity index (χ0v) is 23.8. The number of hydrogen-bond acceptors (Lipinski definition) is 5. The van der Waals surface area contributed by atoms with Gasteiger partial charge in [0.05, 0.1) is 36.1 Å². The zero-order valence-electron chi connectivity index (χ0n) is 22.9. The third-order valence-electron chi connectivity index (χ3n) is 7.49. The van der Waals surface area contributed by atoms with Crippen LogP contribution in [-0.4, -0.2) is 45.1 Å². The molecule has 0 radical (unpaired) electrons. The maximum atomic E-state index is 13.2. The van der Waals surface area contributed by atoms with Crippen molar-refractivity contribution in [2.45, 2.75) is 18.5 Å². The van der Waals surface area contributed by atoms with Gasteiger partial charge in [0.2, 0.25) is 5.91 Å². The number of anilines is 1. The molecule has 3 aromatic carbocycles. The van der Waals surface area contributed by atoms with Crippen LogP contribution in [0.15, 0.2) is 109 Å². The highest BCUT2D eigenvalue weighted by molar-refractivity contribution is 7.80. The first-order valence-corrected chi connectivity index (χ1v) is 14.1. The molecule has 2 aromatic heterocycles. The number of methoxy groups -OCH3 is 1. The van der Waals surface area contributed by atoms with E-state index in [1.807, 2.05) is 107 Å². The molecule has 0 bridgehead atoms. The molecule has 0 aliphatic carbocycles. The molecule has 1 aliphatic rings. The first kappa shape index (κ1) is 27.2. The van der Waals surface area contributed by atoms with Gasteiger partial charge >= 0.3 is 5.97 Å². The van der Waals surface area contributed by atoms with Crippen molar-refractivity contribution in [3.63, 3.8) is 0 Å². The summed E-state index contributed by atoms with van der Waals surface area (Å²) >= 11 is 5.83. The molecule has 1 aliphatic heterocycles. The van der Waals surface area contributed by atoms with Crippen LogP contribution >= 0.6 is 12.2 Å². The summed E-state index contributed by atoms with van der Waals surface area (Å²) in [5.74, 6) is -0.533. The molecule has 42 heavy (non-hydrogen) atoms. The Morgan fingerprint density at radius 3 is 2.57 bits per heavy atom. The maximum absolute atomic E-state index is 13.2. The quantitative estimate of drug-likeness (QED) is 0.178. The first-order valence-electron chi connectivity index (χ1n) is 13.7. The number of pyridine rings is 1. The zero-order chi connectivity index (χ0) is 29.1. The highest BCUT2D eigenvalue weighted by Gasteiger charge is 2.41. The van der Waals surface area contributed by atoms with Gasteiger partial charge in [0.15, 0.2) is 5.11 Å². The summed E-state index contributed by atoms with van der Waals surface area (Å²) in [6, 6.07) is 30.3. The van der Waals surface area contributed by atoms with Crippen molar-refractivity contribution in [2.75, 3.05) is 19.0 Å². The second-order valence-corrected chi connectivity index (χ2v) is 10.3. The topological polar surface area (TPSA) is 88.5 Å². The predicted octanol–water partition coefficient (Wildman–Crippen LogP) is 5.81. The van der Waals surface area contributed by atoms with E-state index < -0.39 is 5.97 Å². The number of nitrogens with one attached hydrogen (secondary N) is 2. The normalized spacial score (nSPS) is 16.3. The van der Waals surface area contributed by atoms with Gasteiger partial charge in [0.25, 0.3) is 0 Å². The Labute approximate surface area is 248 Å². The number of para-hydroxylation sites is 1. The number of fused-ring (bicyclic) bond motifs is 1. The summed E-state index contributed by atoms with van der Waals surface area (Å²) < 4.78 is 7.04. The van der Waals surface area contributed by atoms with Crippen LogP contribution in [-0.2, 0) is 9.53 Å². The fourth-order valence-electron chi connectivity index (χ4n) is 5.56. The van der Waals surface area contributed by atoms with E-state index in [2.05, 4.69) is 15.6 Å². The minimum absolute atomic E-state index is 0.111. The summed E-state index contributed by atoms with van der Waals surface area (Å²) in [6.45, 7) is 0.375. The Kier molecular flexibility index (Phi) is 7.66. The Bertz CT molecular complexity index is 1760. The molecule has 1 fully saturated rings. The second-order valence-electron chi connectivity index (χ2n) is 9.96. The molecule has 2 atom stereocenters. The average molecular weight is 576 g/mol. The molecule has 1 saturated heterocycles. The molecule has 1 amide bonds. The summed E-state index contributed by atoms with van der Waals surface area (Å²) in [6.07, 6.45) is 3.89. The maximum Gasteiger partial charge on any atom is 0.339 e. The van der Waals surface area contributed by atoms with Crippen molar-refractivity contribution in [3.8, 4) is 5.69 Å². The molecular weight excluding hydrogens is 546 g/mol. The number of ether oxygens (including phenoxy) is 1. The Morgan fingerprint density at radius 2 is 1.74 bits per heavy atom. The van der Waals surface area contributed by atoms with Crippen LogP contribution in [0.3, 0.4) is 0 Å². The number of amides is 1. The fraction of sp³-hybridized carbons (Fsp3) is 0.152. The Balaban J connectivity index is 1.32. The van der Waals surface area contributed by atoms with Gasteiger partial charge in [-0.1, -0.05) is 54.6 Å². The number of carbonyl (C=O) groups excluding carboxylic acids is 2. The molecule has 210 valence electrons. The number of aromatic nitrogens is 2. The molecule has 0 spiro atoms. The Morgan fingerprint density at radius 1 is 0.952 bits per heavy atom. The van der Waals surface area contributed by atoms with E-state index in [1.54, 1.807) is 12.3 Å². The lowest BCUT2D eigenvalue weighted by Crippen LogP contribution is -2.33. The molecule has 5 aromatic rings. The highest BCUT2D eigenvalue weighted by Crippen LogP contribution is 2.40. The molecule has 6 rings (SSSR count). The molecular formula is C33H29N5O3S. The largest absolute Gasteiger partial charge is 0.465 e. The van der Waals surface area contributed by atoms with Crippen LogP contribution in [0, 0.1) is 0 Å². The number of hydrogen-bond donors (Lipinski definition) is 2. The minimum Gasteiger partial charge on any atom is -0.465 e. The molecule has 0 saturated carbocycles. The van der Waals surface area contributed by atoms with Gasteiger partial charge in [-0.2, -0.15) is 0 Å². The highest BCUT2D eigenvalue weighted by atomic mass is 32.1. The van der Waals surface area contributed by atoms with Crippen molar-refractivity contribution in [1.82, 2.24) is 19.8 Å². The van der Waals surface area contributed by atoms with Crippen LogP contribution in [0.25, 0.3) is 16.5 Å². The number of thiocarbonyl (C=S) groups is 1. The standard InChI is InChI=1S/C33H29N5O3S/c1-41-32(40)24-13-4-5-16-27(24)37-20-9-17-28(37)31-30(26-14-6-7-19-34-26)36-33(42)38(31)21-18-29(39)35-25-15-8-11-22-10-2-3-12-23(22)25/h2-17,19-20,30-31H,18,21H2,1H3,(H,35,39)(H,36,42)/t30-,31+/m0/s1. The van der Waals surface area contributed by atoms with Crippen LogP contribution in [0.5, 0.6) is 0 Å². The van der Waals surface area contributed by atoms with E-state index in [0.29, 0.717) is 22.9 Å². The number of benzene rings is 3. The summed E-state index contributed by atoms with van der Waals surface area (Å²) in [5.41, 5.74) is 3.62. The van der Waals surface area contributed by atoms with Gasteiger partial charge < -0.3 is 24.8 Å². The molecule has 8 nitrogen and oxygen atoms in total. The van der Waals surface area contributed by atoms with Gasteiger partial charge in [-0.25, -0.2) is 4.79 Å². The van der Waals surface area contributed by atoms with E-state index in [4.69, 9.17) is 17.0 Å². The smallest absolute Gasteiger partial charge is 0.339 e. The van der Waals surface area contributed by atoms with Crippen LogP contribution < -0.4 is 10.6 Å². The molecule has 2 N–H and O–H groups in total. The van der Waals surface area contributed by atoms with Crippen LogP contribution in [0.1, 0.15) is 40.3 Å². The number of rotatable bonds is 8. The van der Waals surface area contributed by atoms with E-state index in [9.17, 15) is 9.59 Å². The van der Waals surface area contributed by atoms with E-state index in [-0.39, 0.29) is 24.4 Å². The second kappa shape index (κ2) is 11.8. The lowest BCUT2D eigenvalue weighted by Gasteiger charge is -2.29. The molecule has 9 heteroatoms. The van der Waals surface area contributed by atoms with Gasteiger partial charge in [0.1, 0.15) is 0 Å². The van der Waals surface area contributed by atoms with Crippen molar-refractivity contribution in [2.24, 2.45) is 0 Å². The van der Waals surface area contributed by atoms with Crippen molar-refractivity contribution < 1.29 is 14.3 Å². The monoisotopic (exact) mass is 575 g/mol. The van der Waals surface area contributed by atoms with Crippen molar-refractivity contribution in [1.29, 1.82) is 0 Å². The lowest BCUT2D eigenvalue weighted by molar-refractivity contribution is -0.116. The summed E-state index contributed by atoms with van der Waals surface area (Å²) in [4.78, 5) is 32.5. The van der Waals surface area contributed by atoms with Gasteiger partial charge in [-0.3, -0.25) is 9.78 Å². The van der Waals surface area contributed by atoms with E-state index in [1.165, 1.54) is 7.11 Å². The predicted molar refractivity (Wildman–Crippen MR) is 166 cm³/mol. The summed E-state index contributed by atoms with van der Waals surface area (Å²) in [5, 5.41) is 9.10. The first-order chi connectivity index (χ1) is 20.5. The third-order valence-corrected chi connectivity index (χ3v) is 7.85.